The Labute approximate surface area is 193 Å². The summed E-state index contributed by atoms with van der Waals surface area (Å²) in [5, 5.41) is 28.8. The number of nitrogens with zero attached hydrogens (tertiary/aromatic N) is 2. The number of carboxylic acids is 1. The van der Waals surface area contributed by atoms with Crippen molar-refractivity contribution in [1.29, 1.82) is 0 Å². The minimum Gasteiger partial charge on any atom is -0.492 e. The first kappa shape index (κ1) is 23.2. The van der Waals surface area contributed by atoms with Gasteiger partial charge in [-0.3, -0.25) is 13.9 Å². The second-order valence-corrected chi connectivity index (χ2v) is 9.28. The van der Waals surface area contributed by atoms with Crippen molar-refractivity contribution in [3.05, 3.63) is 64.8 Å². The summed E-state index contributed by atoms with van der Waals surface area (Å²) in [5.41, 5.74) is 0.858. The summed E-state index contributed by atoms with van der Waals surface area (Å²) >= 11 is 0. The number of unbranched alkanes of at least 4 members (excludes halogenated alkanes) is 2. The molecule has 0 amide bonds. The number of aliphatic carboxylic acids is 1. The van der Waals surface area contributed by atoms with E-state index in [2.05, 4.69) is 0 Å². The van der Waals surface area contributed by atoms with Crippen LogP contribution < -0.4 is 9.71 Å². The predicted molar refractivity (Wildman–Crippen MR) is 123 cm³/mol. The van der Waals surface area contributed by atoms with Gasteiger partial charge in [-0.2, -0.15) is 8.42 Å². The highest BCUT2D eigenvalue weighted by Gasteiger charge is 2.22. The highest BCUT2D eigenvalue weighted by Crippen LogP contribution is 2.25. The van der Waals surface area contributed by atoms with E-state index in [4.69, 9.17) is 9.39 Å². The van der Waals surface area contributed by atoms with Crippen molar-refractivity contribution in [3.63, 3.8) is 0 Å². The maximum absolute atomic E-state index is 13.2. The smallest absolute Gasteiger partial charge is 0.357 e. The monoisotopic (exact) mass is 486 g/mol. The SMILES string of the molecule is O=C(O)CCCCCn1c2ccccc2c(=O)c2cc(S(=O)(=O)On3c(O)ccc3O)ccc21. The number of aryl methyl sites for hydroxylation is 1. The van der Waals surface area contributed by atoms with Crippen molar-refractivity contribution in [2.75, 3.05) is 0 Å². The molecule has 4 aromatic rings. The van der Waals surface area contributed by atoms with E-state index in [9.17, 15) is 28.2 Å². The lowest BCUT2D eigenvalue weighted by molar-refractivity contribution is -0.137. The second kappa shape index (κ2) is 9.10. The maximum atomic E-state index is 13.2. The molecule has 0 unspecified atom stereocenters. The minimum atomic E-state index is -4.50. The molecule has 3 N–H and O–H groups in total. The quantitative estimate of drug-likeness (QED) is 0.242. The number of benzene rings is 2. The van der Waals surface area contributed by atoms with Gasteiger partial charge in [0, 0.05) is 35.9 Å². The fourth-order valence-electron chi connectivity index (χ4n) is 3.85. The van der Waals surface area contributed by atoms with Crippen LogP contribution in [0.4, 0.5) is 0 Å². The summed E-state index contributed by atoms with van der Waals surface area (Å²) < 4.78 is 32.7. The lowest BCUT2D eigenvalue weighted by Crippen LogP contribution is -2.20. The van der Waals surface area contributed by atoms with Crippen LogP contribution in [0.15, 0.2) is 64.3 Å². The van der Waals surface area contributed by atoms with Crippen LogP contribution in [0.1, 0.15) is 25.7 Å². The minimum absolute atomic E-state index is 0.0827. The van der Waals surface area contributed by atoms with Gasteiger partial charge in [0.1, 0.15) is 4.90 Å². The largest absolute Gasteiger partial charge is 0.492 e. The van der Waals surface area contributed by atoms with Gasteiger partial charge >= 0.3 is 16.1 Å². The molecule has 0 aliphatic heterocycles. The third-order valence-electron chi connectivity index (χ3n) is 5.47. The van der Waals surface area contributed by atoms with Crippen molar-refractivity contribution < 1.29 is 32.8 Å². The second-order valence-electron chi connectivity index (χ2n) is 7.75. The first-order chi connectivity index (χ1) is 16.2. The van der Waals surface area contributed by atoms with Gasteiger partial charge in [0.05, 0.1) is 11.0 Å². The van der Waals surface area contributed by atoms with Gasteiger partial charge < -0.3 is 19.9 Å². The lowest BCUT2D eigenvalue weighted by Gasteiger charge is -2.16. The van der Waals surface area contributed by atoms with Gasteiger partial charge in [0.25, 0.3) is 0 Å². The molecule has 0 radical (unpaired) electrons. The molecule has 34 heavy (non-hydrogen) atoms. The summed E-state index contributed by atoms with van der Waals surface area (Å²) in [5.74, 6) is -2.08. The zero-order valence-electron chi connectivity index (χ0n) is 17.9. The third-order valence-corrected chi connectivity index (χ3v) is 6.65. The number of hydrogen-bond acceptors (Lipinski definition) is 7. The first-order valence-corrected chi connectivity index (χ1v) is 11.9. The van der Waals surface area contributed by atoms with Gasteiger partial charge in [0.15, 0.2) is 5.43 Å². The summed E-state index contributed by atoms with van der Waals surface area (Å²) in [4.78, 5) is 23.6. The van der Waals surface area contributed by atoms with E-state index in [0.717, 1.165) is 12.1 Å². The topological polar surface area (TPSA) is 148 Å². The number of aromatic hydroxyl groups is 2. The number of pyridine rings is 1. The normalized spacial score (nSPS) is 11.8. The Morgan fingerprint density at radius 3 is 2.26 bits per heavy atom. The fourth-order valence-corrected chi connectivity index (χ4v) is 4.78. The lowest BCUT2D eigenvalue weighted by atomic mass is 10.1. The molecule has 2 aromatic carbocycles. The van der Waals surface area contributed by atoms with E-state index < -0.39 is 27.8 Å². The van der Waals surface area contributed by atoms with E-state index in [1.807, 2.05) is 4.57 Å². The summed E-state index contributed by atoms with van der Waals surface area (Å²) in [6.45, 7) is 0.505. The van der Waals surface area contributed by atoms with E-state index in [0.29, 0.717) is 47.0 Å². The molecule has 10 nitrogen and oxygen atoms in total. The molecule has 2 aromatic heterocycles. The molecule has 0 spiro atoms. The fraction of sp³-hybridized carbons (Fsp3) is 0.217. The number of fused-ring (bicyclic) bond motifs is 2. The molecule has 0 aliphatic rings. The Bertz CT molecular complexity index is 1530. The Hall–Kier alpha value is -3.99. The van der Waals surface area contributed by atoms with Crippen molar-refractivity contribution >= 4 is 37.9 Å². The van der Waals surface area contributed by atoms with E-state index >= 15 is 0 Å². The molecule has 0 aliphatic carbocycles. The molecule has 0 saturated heterocycles. The zero-order chi connectivity index (χ0) is 24.5. The Morgan fingerprint density at radius 1 is 0.882 bits per heavy atom. The van der Waals surface area contributed by atoms with Crippen molar-refractivity contribution in [3.8, 4) is 11.8 Å². The number of carboxylic acid groups (broad SMARTS) is 1. The van der Waals surface area contributed by atoms with Gasteiger partial charge in [-0.25, -0.2) is 0 Å². The maximum Gasteiger partial charge on any atom is 0.357 e. The average Bonchev–Trinajstić information content (AvgIpc) is 3.12. The van der Waals surface area contributed by atoms with E-state index in [-0.39, 0.29) is 22.1 Å². The summed E-state index contributed by atoms with van der Waals surface area (Å²) in [7, 11) is -4.50. The van der Waals surface area contributed by atoms with Gasteiger partial charge in [-0.05, 0) is 43.2 Å². The number of hydrogen-bond donors (Lipinski definition) is 3. The van der Waals surface area contributed by atoms with Crippen molar-refractivity contribution in [1.82, 2.24) is 9.30 Å². The van der Waals surface area contributed by atoms with Gasteiger partial charge in [0.2, 0.25) is 11.8 Å². The van der Waals surface area contributed by atoms with Crippen LogP contribution in [0.5, 0.6) is 11.8 Å². The van der Waals surface area contributed by atoms with Crippen molar-refractivity contribution in [2.45, 2.75) is 37.1 Å². The van der Waals surface area contributed by atoms with E-state index in [1.165, 1.54) is 18.2 Å². The predicted octanol–water partition coefficient (Wildman–Crippen LogP) is 2.83. The molecule has 0 bridgehead atoms. The summed E-state index contributed by atoms with van der Waals surface area (Å²) in [6.07, 6.45) is 1.96. The molecular formula is C23H22N2O8S. The number of para-hydroxylation sites is 1. The van der Waals surface area contributed by atoms with Crippen LogP contribution in [0.2, 0.25) is 0 Å². The third kappa shape index (κ3) is 4.42. The van der Waals surface area contributed by atoms with Crippen molar-refractivity contribution in [2.24, 2.45) is 0 Å². The van der Waals surface area contributed by atoms with Crippen LogP contribution in [0.25, 0.3) is 21.8 Å². The molecule has 178 valence electrons. The number of rotatable bonds is 9. The highest BCUT2D eigenvalue weighted by atomic mass is 32.2. The van der Waals surface area contributed by atoms with E-state index in [1.54, 1.807) is 24.3 Å². The van der Waals surface area contributed by atoms with Crippen LogP contribution in [-0.4, -0.2) is 39.0 Å². The van der Waals surface area contributed by atoms with Crippen LogP contribution in [0, 0.1) is 0 Å². The molecular weight excluding hydrogens is 464 g/mol. The Balaban J connectivity index is 1.76. The first-order valence-electron chi connectivity index (χ1n) is 10.5. The average molecular weight is 487 g/mol. The molecule has 0 atom stereocenters. The molecule has 4 rings (SSSR count). The van der Waals surface area contributed by atoms with Crippen LogP contribution >= 0.6 is 0 Å². The highest BCUT2D eigenvalue weighted by molar-refractivity contribution is 7.87. The van der Waals surface area contributed by atoms with Gasteiger partial charge in [-0.1, -0.05) is 23.3 Å². The number of aromatic nitrogens is 2. The molecule has 2 heterocycles. The standard InChI is InChI=1S/C23H22N2O8S/c26-20-11-12-21(27)25(20)33-34(31,32)15-9-10-19-17(14-15)23(30)16-6-3-4-7-18(16)24(19)13-5-1-2-8-22(28)29/h3-4,6-7,9-12,14,26-27H,1-2,5,8,13H2,(H,28,29). The molecule has 11 heteroatoms. The summed E-state index contributed by atoms with van der Waals surface area (Å²) in [6, 6.07) is 13.1. The molecule has 0 fully saturated rings. The Morgan fingerprint density at radius 2 is 1.56 bits per heavy atom. The van der Waals surface area contributed by atoms with Crippen LogP contribution in [-0.2, 0) is 21.5 Å². The van der Waals surface area contributed by atoms with Crippen LogP contribution in [0.3, 0.4) is 0 Å². The zero-order valence-corrected chi connectivity index (χ0v) is 18.7. The number of carbonyl (C=O) groups is 1. The molecule has 0 saturated carbocycles. The Kier molecular flexibility index (Phi) is 6.20. The van der Waals surface area contributed by atoms with Gasteiger partial charge in [-0.15, -0.1) is 0 Å².